The Morgan fingerprint density at radius 3 is 2.57 bits per heavy atom. The zero-order chi connectivity index (χ0) is 16.2. The highest BCUT2D eigenvalue weighted by Crippen LogP contribution is 2.21. The Hall–Kier alpha value is -2.96. The smallest absolute Gasteiger partial charge is 0.282 e. The topological polar surface area (TPSA) is 88.4 Å². The fourth-order valence-electron chi connectivity index (χ4n) is 2.62. The van der Waals surface area contributed by atoms with Gasteiger partial charge in [-0.05, 0) is 31.0 Å². The maximum Gasteiger partial charge on any atom is 0.282 e. The predicted octanol–water partition coefficient (Wildman–Crippen LogP) is 2.84. The van der Waals surface area contributed by atoms with Crippen LogP contribution in [0.1, 0.15) is 23.2 Å². The van der Waals surface area contributed by atoms with Crippen LogP contribution in [0.2, 0.25) is 0 Å². The van der Waals surface area contributed by atoms with Gasteiger partial charge in [-0.3, -0.25) is 14.9 Å². The second-order valence-electron chi connectivity index (χ2n) is 5.33. The second kappa shape index (κ2) is 6.43. The highest BCUT2D eigenvalue weighted by molar-refractivity contribution is 6.06. The largest absolute Gasteiger partial charge is 0.357 e. The molecule has 1 aromatic heterocycles. The predicted molar refractivity (Wildman–Crippen MR) is 86.7 cm³/mol. The van der Waals surface area contributed by atoms with Crippen molar-refractivity contribution in [3.63, 3.8) is 0 Å². The molecule has 2 aromatic rings. The summed E-state index contributed by atoms with van der Waals surface area (Å²) in [6.45, 7) is 1.99. The van der Waals surface area contributed by atoms with Gasteiger partial charge in [0.25, 0.3) is 11.6 Å². The maximum absolute atomic E-state index is 12.2. The molecule has 3 rings (SSSR count). The number of amides is 1. The first-order chi connectivity index (χ1) is 11.1. The number of nitro benzene ring substituents is 1. The van der Waals surface area contributed by atoms with Crippen molar-refractivity contribution < 1.29 is 9.72 Å². The third-order valence-corrected chi connectivity index (χ3v) is 3.78. The molecule has 0 atom stereocenters. The third-order valence-electron chi connectivity index (χ3n) is 3.78. The lowest BCUT2D eigenvalue weighted by Gasteiger charge is -2.16. The Morgan fingerprint density at radius 1 is 1.17 bits per heavy atom. The standard InChI is InChI=1S/C16H16N4O3/c21-16(13-5-1-2-6-14(13)20(22)23)18-12-7-8-15(17-11-12)19-9-3-4-10-19/h1-2,5-8,11H,3-4,9-10H2,(H,18,21). The number of carbonyl (C=O) groups excluding carboxylic acids is 1. The van der Waals surface area contributed by atoms with E-state index in [2.05, 4.69) is 15.2 Å². The number of rotatable bonds is 4. The summed E-state index contributed by atoms with van der Waals surface area (Å²) in [5.41, 5.74) is 0.323. The summed E-state index contributed by atoms with van der Waals surface area (Å²) in [5.74, 6) is 0.360. The molecule has 7 heteroatoms. The molecule has 1 N–H and O–H groups in total. The lowest BCUT2D eigenvalue weighted by molar-refractivity contribution is -0.385. The van der Waals surface area contributed by atoms with Crippen LogP contribution in [0.5, 0.6) is 0 Å². The van der Waals surface area contributed by atoms with E-state index in [1.165, 1.54) is 18.2 Å². The normalized spacial score (nSPS) is 13.8. The van der Waals surface area contributed by atoms with Crippen LogP contribution in [0.15, 0.2) is 42.6 Å². The van der Waals surface area contributed by atoms with Gasteiger partial charge in [-0.25, -0.2) is 4.98 Å². The van der Waals surface area contributed by atoms with Crippen LogP contribution in [0.4, 0.5) is 17.2 Å². The summed E-state index contributed by atoms with van der Waals surface area (Å²) in [6.07, 6.45) is 3.90. The highest BCUT2D eigenvalue weighted by Gasteiger charge is 2.19. The van der Waals surface area contributed by atoms with E-state index in [1.54, 1.807) is 18.3 Å². The first-order valence-electron chi connectivity index (χ1n) is 7.41. The van der Waals surface area contributed by atoms with E-state index in [0.29, 0.717) is 5.69 Å². The summed E-state index contributed by atoms with van der Waals surface area (Å²) >= 11 is 0. The minimum absolute atomic E-state index is 0.0288. The fraction of sp³-hybridized carbons (Fsp3) is 0.250. The van der Waals surface area contributed by atoms with Gasteiger partial charge in [0.2, 0.25) is 0 Å². The molecule has 1 aliphatic heterocycles. The quantitative estimate of drug-likeness (QED) is 0.692. The van der Waals surface area contributed by atoms with Crippen molar-refractivity contribution in [1.29, 1.82) is 0 Å². The molecule has 0 bridgehead atoms. The molecule has 7 nitrogen and oxygen atoms in total. The lowest BCUT2D eigenvalue weighted by atomic mass is 10.1. The van der Waals surface area contributed by atoms with E-state index in [1.807, 2.05) is 6.07 Å². The van der Waals surface area contributed by atoms with E-state index in [4.69, 9.17) is 0 Å². The highest BCUT2D eigenvalue weighted by atomic mass is 16.6. The summed E-state index contributed by atoms with van der Waals surface area (Å²) in [6, 6.07) is 9.47. The van der Waals surface area contributed by atoms with Crippen LogP contribution >= 0.6 is 0 Å². The molecule has 1 aliphatic rings. The van der Waals surface area contributed by atoms with Crippen LogP contribution in [0, 0.1) is 10.1 Å². The fourth-order valence-corrected chi connectivity index (χ4v) is 2.62. The van der Waals surface area contributed by atoms with Gasteiger partial charge in [0.05, 0.1) is 16.8 Å². The minimum atomic E-state index is -0.566. The first-order valence-corrected chi connectivity index (χ1v) is 7.41. The van der Waals surface area contributed by atoms with Crippen LogP contribution in [0.25, 0.3) is 0 Å². The van der Waals surface area contributed by atoms with Gasteiger partial charge < -0.3 is 10.2 Å². The monoisotopic (exact) mass is 312 g/mol. The van der Waals surface area contributed by atoms with E-state index < -0.39 is 10.8 Å². The molecule has 0 unspecified atom stereocenters. The number of nitrogens with zero attached hydrogens (tertiary/aromatic N) is 3. The Morgan fingerprint density at radius 2 is 1.91 bits per heavy atom. The average Bonchev–Trinajstić information content (AvgIpc) is 3.10. The van der Waals surface area contributed by atoms with Gasteiger partial charge in [0, 0.05) is 19.2 Å². The Kier molecular flexibility index (Phi) is 4.18. The van der Waals surface area contributed by atoms with E-state index in [0.717, 1.165) is 31.7 Å². The summed E-state index contributed by atoms with van der Waals surface area (Å²) < 4.78 is 0. The molecule has 0 radical (unpaired) electrons. The number of nitrogens with one attached hydrogen (secondary N) is 1. The van der Waals surface area contributed by atoms with Crippen molar-refractivity contribution >= 4 is 23.1 Å². The molecule has 0 aliphatic carbocycles. The summed E-state index contributed by atoms with van der Waals surface area (Å²) in [4.78, 5) is 29.2. The van der Waals surface area contributed by atoms with Gasteiger partial charge in [0.15, 0.2) is 0 Å². The Balaban J connectivity index is 1.74. The third kappa shape index (κ3) is 3.28. The zero-order valence-electron chi connectivity index (χ0n) is 12.4. The SMILES string of the molecule is O=C(Nc1ccc(N2CCCC2)nc1)c1ccccc1[N+](=O)[O-]. The average molecular weight is 312 g/mol. The number of carbonyl (C=O) groups is 1. The number of pyridine rings is 1. The van der Waals surface area contributed by atoms with E-state index >= 15 is 0 Å². The number of hydrogen-bond acceptors (Lipinski definition) is 5. The van der Waals surface area contributed by atoms with Gasteiger partial charge in [-0.2, -0.15) is 0 Å². The number of hydrogen-bond donors (Lipinski definition) is 1. The van der Waals surface area contributed by atoms with Gasteiger partial charge >= 0.3 is 0 Å². The van der Waals surface area contributed by atoms with Crippen molar-refractivity contribution in [2.24, 2.45) is 0 Å². The zero-order valence-corrected chi connectivity index (χ0v) is 12.4. The molecule has 1 aromatic carbocycles. The van der Waals surface area contributed by atoms with E-state index in [-0.39, 0.29) is 11.3 Å². The van der Waals surface area contributed by atoms with E-state index in [9.17, 15) is 14.9 Å². The molecule has 1 saturated heterocycles. The van der Waals surface area contributed by atoms with Crippen LogP contribution in [0.3, 0.4) is 0 Å². The number of benzene rings is 1. The molecule has 23 heavy (non-hydrogen) atoms. The van der Waals surface area contributed by atoms with Crippen molar-refractivity contribution in [2.45, 2.75) is 12.8 Å². The van der Waals surface area contributed by atoms with Crippen molar-refractivity contribution in [2.75, 3.05) is 23.3 Å². The number of aromatic nitrogens is 1. The van der Waals surface area contributed by atoms with Crippen LogP contribution < -0.4 is 10.2 Å². The van der Waals surface area contributed by atoms with Crippen LogP contribution in [-0.2, 0) is 0 Å². The molecular weight excluding hydrogens is 296 g/mol. The Bertz CT molecular complexity index is 724. The first kappa shape index (κ1) is 15.0. The van der Waals surface area contributed by atoms with Crippen molar-refractivity contribution in [3.05, 3.63) is 58.3 Å². The molecule has 1 amide bonds. The van der Waals surface area contributed by atoms with Crippen molar-refractivity contribution in [3.8, 4) is 0 Å². The molecule has 0 spiro atoms. The molecule has 1 fully saturated rings. The van der Waals surface area contributed by atoms with Gasteiger partial charge in [0.1, 0.15) is 11.4 Å². The lowest BCUT2D eigenvalue weighted by Crippen LogP contribution is -2.19. The molecule has 118 valence electrons. The minimum Gasteiger partial charge on any atom is -0.357 e. The summed E-state index contributed by atoms with van der Waals surface area (Å²) in [7, 11) is 0. The van der Waals surface area contributed by atoms with Crippen molar-refractivity contribution in [1.82, 2.24) is 4.98 Å². The number of nitro groups is 1. The van der Waals surface area contributed by atoms with Gasteiger partial charge in [-0.1, -0.05) is 12.1 Å². The molecular formula is C16H16N4O3. The van der Waals surface area contributed by atoms with Gasteiger partial charge in [-0.15, -0.1) is 0 Å². The Labute approximate surface area is 133 Å². The summed E-state index contributed by atoms with van der Waals surface area (Å²) in [5, 5.41) is 13.6. The number of anilines is 2. The molecule has 0 saturated carbocycles. The maximum atomic E-state index is 12.2. The van der Waals surface area contributed by atoms with Crippen LogP contribution in [-0.4, -0.2) is 28.9 Å². The number of para-hydroxylation sites is 1. The second-order valence-corrected chi connectivity index (χ2v) is 5.33. The molecule has 2 heterocycles.